The van der Waals surface area contributed by atoms with Gasteiger partial charge in [-0.15, -0.1) is 0 Å². The number of carbonyl (C=O) groups excluding carboxylic acids is 1. The molecular formula is C28H41N9O. The first-order valence-electron chi connectivity index (χ1n) is 12.7. The molecule has 1 aromatic carbocycles. The molecular weight excluding hydrogens is 478 g/mol. The van der Waals surface area contributed by atoms with Gasteiger partial charge in [0.15, 0.2) is 0 Å². The van der Waals surface area contributed by atoms with Crippen molar-refractivity contribution in [1.29, 1.82) is 0 Å². The first-order valence-corrected chi connectivity index (χ1v) is 12.7. The molecule has 3 aromatic rings. The number of rotatable bonds is 10. The molecule has 1 aliphatic heterocycles. The molecule has 0 unspecified atom stereocenters. The maximum Gasteiger partial charge on any atom is 0.248 e. The van der Waals surface area contributed by atoms with Crippen LogP contribution in [0.15, 0.2) is 36.4 Å². The third kappa shape index (κ3) is 7.61. The minimum Gasteiger partial charge on any atom is -0.366 e. The number of primary amides is 1. The number of hydrogen-bond donors (Lipinski definition) is 3. The van der Waals surface area contributed by atoms with Gasteiger partial charge in [0.25, 0.3) is 0 Å². The number of aromatic nitrogens is 4. The summed E-state index contributed by atoms with van der Waals surface area (Å²) in [5.41, 5.74) is 9.70. The van der Waals surface area contributed by atoms with E-state index >= 15 is 0 Å². The van der Waals surface area contributed by atoms with Gasteiger partial charge in [-0.25, -0.2) is 0 Å². The van der Waals surface area contributed by atoms with Crippen LogP contribution in [0.2, 0.25) is 0 Å². The normalized spacial score (nSPS) is 15.3. The Bertz CT molecular complexity index is 1250. The van der Waals surface area contributed by atoms with Gasteiger partial charge in [-0.2, -0.15) is 15.0 Å². The Morgan fingerprint density at radius 3 is 2.61 bits per heavy atom. The van der Waals surface area contributed by atoms with E-state index in [1.165, 1.54) is 0 Å². The molecule has 1 amide bonds. The molecule has 1 aliphatic rings. The van der Waals surface area contributed by atoms with Gasteiger partial charge in [0.05, 0.1) is 5.69 Å². The molecule has 1 saturated heterocycles. The highest BCUT2D eigenvalue weighted by atomic mass is 16.1. The van der Waals surface area contributed by atoms with Crippen molar-refractivity contribution in [1.82, 2.24) is 24.8 Å². The average Bonchev–Trinajstić information content (AvgIpc) is 3.26. The van der Waals surface area contributed by atoms with E-state index in [9.17, 15) is 4.79 Å². The standard InChI is InChI=1S/C27H37N9O.CH4/c1-17(2)14-35(5)27-33-25(30-22-11-12-36(16-22)15-21-8-6-7-19(4)29-21)32-26(34-27)31-23-13-20(24(28)37)10-9-18(23)3;/h6-10,13,17,22H,11-12,14-16H2,1-5H3,(H2,28,37)(H2,30,31,32,33,34);1H4/t22-;/m0./s1. The van der Waals surface area contributed by atoms with Crippen LogP contribution in [0.25, 0.3) is 0 Å². The quantitative estimate of drug-likeness (QED) is 0.362. The van der Waals surface area contributed by atoms with E-state index in [4.69, 9.17) is 10.7 Å². The molecule has 1 atom stereocenters. The Kier molecular flexibility index (Phi) is 9.57. The topological polar surface area (TPSA) is 125 Å². The van der Waals surface area contributed by atoms with E-state index in [1.54, 1.807) is 12.1 Å². The van der Waals surface area contributed by atoms with Crippen LogP contribution in [0.5, 0.6) is 0 Å². The summed E-state index contributed by atoms with van der Waals surface area (Å²) < 4.78 is 0. The van der Waals surface area contributed by atoms with Gasteiger partial charge in [-0.05, 0) is 56.0 Å². The smallest absolute Gasteiger partial charge is 0.248 e. The number of hydrogen-bond acceptors (Lipinski definition) is 9. The second kappa shape index (κ2) is 12.6. The zero-order chi connectivity index (χ0) is 26.5. The van der Waals surface area contributed by atoms with Crippen LogP contribution in [0.4, 0.5) is 23.5 Å². The summed E-state index contributed by atoms with van der Waals surface area (Å²) in [5, 5.41) is 6.79. The van der Waals surface area contributed by atoms with Crippen molar-refractivity contribution in [3.63, 3.8) is 0 Å². The van der Waals surface area contributed by atoms with Crippen LogP contribution < -0.4 is 21.3 Å². The Labute approximate surface area is 226 Å². The highest BCUT2D eigenvalue weighted by Crippen LogP contribution is 2.23. The zero-order valence-electron chi connectivity index (χ0n) is 22.3. The van der Waals surface area contributed by atoms with Gasteiger partial charge >= 0.3 is 0 Å². The maximum atomic E-state index is 11.7. The molecule has 4 N–H and O–H groups in total. The van der Waals surface area contributed by atoms with Crippen LogP contribution in [0, 0.1) is 19.8 Å². The lowest BCUT2D eigenvalue weighted by Gasteiger charge is -2.22. The molecule has 1 fully saturated rings. The fourth-order valence-electron chi connectivity index (χ4n) is 4.51. The van der Waals surface area contributed by atoms with E-state index < -0.39 is 5.91 Å². The molecule has 2 aromatic heterocycles. The van der Waals surface area contributed by atoms with Crippen LogP contribution in [-0.2, 0) is 6.54 Å². The van der Waals surface area contributed by atoms with Gasteiger partial charge < -0.3 is 21.3 Å². The first kappa shape index (κ1) is 28.8. The predicted octanol–water partition coefficient (Wildman–Crippen LogP) is 4.14. The fourth-order valence-corrected chi connectivity index (χ4v) is 4.51. The number of carbonyl (C=O) groups is 1. The third-order valence-electron chi connectivity index (χ3n) is 6.31. The van der Waals surface area contributed by atoms with Gasteiger partial charge in [0.2, 0.25) is 23.8 Å². The third-order valence-corrected chi connectivity index (χ3v) is 6.31. The lowest BCUT2D eigenvalue weighted by molar-refractivity contribution is 0.100. The predicted molar refractivity (Wildman–Crippen MR) is 154 cm³/mol. The molecule has 4 rings (SSSR count). The van der Waals surface area contributed by atoms with Crippen LogP contribution in [0.1, 0.15) is 55.0 Å². The molecule has 0 bridgehead atoms. The Morgan fingerprint density at radius 1 is 1.13 bits per heavy atom. The first-order chi connectivity index (χ1) is 17.7. The SMILES string of the molecule is C.Cc1cccc(CN2CC[C@H](Nc3nc(Nc4cc(C(N)=O)ccc4C)nc(N(C)CC(C)C)n3)C2)n1. The van der Waals surface area contributed by atoms with Gasteiger partial charge in [0.1, 0.15) is 0 Å². The number of nitrogens with two attached hydrogens (primary N) is 1. The number of nitrogens with one attached hydrogen (secondary N) is 2. The number of aryl methyl sites for hydroxylation is 2. The second-order valence-electron chi connectivity index (χ2n) is 10.2. The van der Waals surface area contributed by atoms with Gasteiger partial charge in [0, 0.05) is 56.2 Å². The lowest BCUT2D eigenvalue weighted by atomic mass is 10.1. The van der Waals surface area contributed by atoms with Crippen molar-refractivity contribution in [2.24, 2.45) is 11.7 Å². The van der Waals surface area contributed by atoms with Crippen molar-refractivity contribution in [2.75, 3.05) is 42.2 Å². The highest BCUT2D eigenvalue weighted by Gasteiger charge is 2.24. The summed E-state index contributed by atoms with van der Waals surface area (Å²) in [6.45, 7) is 11.8. The van der Waals surface area contributed by atoms with E-state index in [1.807, 2.05) is 37.9 Å². The van der Waals surface area contributed by atoms with E-state index in [-0.39, 0.29) is 13.5 Å². The molecule has 0 radical (unpaired) electrons. The number of amides is 1. The van der Waals surface area contributed by atoms with E-state index in [2.05, 4.69) is 56.5 Å². The molecule has 0 spiro atoms. The van der Waals surface area contributed by atoms with Crippen LogP contribution >= 0.6 is 0 Å². The number of pyridine rings is 1. The minimum absolute atomic E-state index is 0. The largest absolute Gasteiger partial charge is 0.366 e. The molecule has 10 heteroatoms. The van der Waals surface area contributed by atoms with E-state index in [0.717, 1.165) is 55.2 Å². The molecule has 38 heavy (non-hydrogen) atoms. The van der Waals surface area contributed by atoms with Crippen molar-refractivity contribution >= 4 is 29.4 Å². The van der Waals surface area contributed by atoms with Gasteiger partial charge in [-0.1, -0.05) is 33.4 Å². The lowest BCUT2D eigenvalue weighted by Crippen LogP contribution is -2.29. The van der Waals surface area contributed by atoms with Crippen molar-refractivity contribution in [2.45, 2.75) is 54.1 Å². The Hall–Kier alpha value is -3.79. The second-order valence-corrected chi connectivity index (χ2v) is 10.2. The summed E-state index contributed by atoms with van der Waals surface area (Å²) in [7, 11) is 1.98. The summed E-state index contributed by atoms with van der Waals surface area (Å²) in [6, 6.07) is 11.6. The van der Waals surface area contributed by atoms with Crippen LogP contribution in [0.3, 0.4) is 0 Å². The minimum atomic E-state index is -0.481. The van der Waals surface area contributed by atoms with Gasteiger partial charge in [-0.3, -0.25) is 14.7 Å². The fraction of sp³-hybridized carbons (Fsp3) is 0.464. The van der Waals surface area contributed by atoms with Crippen molar-refractivity contribution in [3.05, 3.63) is 58.9 Å². The van der Waals surface area contributed by atoms with E-state index in [0.29, 0.717) is 29.3 Å². The monoisotopic (exact) mass is 519 g/mol. The summed E-state index contributed by atoms with van der Waals surface area (Å²) in [5.74, 6) is 1.47. The van der Waals surface area contributed by atoms with Crippen molar-refractivity contribution in [3.8, 4) is 0 Å². The summed E-state index contributed by atoms with van der Waals surface area (Å²) >= 11 is 0. The molecule has 3 heterocycles. The molecule has 204 valence electrons. The number of likely N-dealkylation sites (tertiary alicyclic amines) is 1. The summed E-state index contributed by atoms with van der Waals surface area (Å²) in [4.78, 5) is 34.8. The zero-order valence-corrected chi connectivity index (χ0v) is 22.3. The molecule has 10 nitrogen and oxygen atoms in total. The Morgan fingerprint density at radius 2 is 1.89 bits per heavy atom. The van der Waals surface area contributed by atoms with Crippen molar-refractivity contribution < 1.29 is 4.79 Å². The molecule has 0 saturated carbocycles. The highest BCUT2D eigenvalue weighted by molar-refractivity contribution is 5.94. The Balaban J connectivity index is 0.00000400. The number of nitrogens with zero attached hydrogens (tertiary/aromatic N) is 6. The maximum absolute atomic E-state index is 11.7. The molecule has 0 aliphatic carbocycles. The summed E-state index contributed by atoms with van der Waals surface area (Å²) in [6.07, 6.45) is 0.983. The number of anilines is 4. The van der Waals surface area contributed by atoms with Crippen LogP contribution in [-0.4, -0.2) is 63.5 Å². The number of benzene rings is 1. The average molecular weight is 520 g/mol.